The molecule has 1 aromatic carbocycles. The van der Waals surface area contributed by atoms with Gasteiger partial charge in [0, 0.05) is 18.6 Å². The van der Waals surface area contributed by atoms with Crippen molar-refractivity contribution in [2.24, 2.45) is 4.99 Å². The Balaban J connectivity index is 1.51. The fourth-order valence-corrected chi connectivity index (χ4v) is 4.35. The lowest BCUT2D eigenvalue weighted by atomic mass is 10.1. The van der Waals surface area contributed by atoms with Crippen LogP contribution in [0.5, 0.6) is 5.75 Å². The van der Waals surface area contributed by atoms with Crippen molar-refractivity contribution in [3.05, 3.63) is 23.5 Å². The van der Waals surface area contributed by atoms with Crippen molar-refractivity contribution in [2.45, 2.75) is 31.3 Å². The average Bonchev–Trinajstić information content (AvgIpc) is 3.22. The molecule has 4 N–H and O–H groups in total. The zero-order chi connectivity index (χ0) is 18.5. The minimum Gasteiger partial charge on any atom is -0.506 e. The summed E-state index contributed by atoms with van der Waals surface area (Å²) in [6.45, 7) is 0.353. The van der Waals surface area contributed by atoms with Gasteiger partial charge in [0.15, 0.2) is 11.8 Å². The summed E-state index contributed by atoms with van der Waals surface area (Å²) in [5, 5.41) is 16.5. The highest BCUT2D eigenvalue weighted by atomic mass is 32.2. The van der Waals surface area contributed by atoms with Crippen LogP contribution in [0, 0.1) is 5.82 Å². The molecule has 0 atom stereocenters. The molecule has 0 unspecified atom stereocenters. The molecule has 1 aromatic rings. The number of hydrogen-bond donors (Lipinski definition) is 4. The van der Waals surface area contributed by atoms with Crippen molar-refractivity contribution >= 4 is 27.8 Å². The van der Waals surface area contributed by atoms with E-state index in [0.717, 1.165) is 31.9 Å². The molecule has 0 bridgehead atoms. The topological polar surface area (TPSA) is 123 Å². The third-order valence-corrected chi connectivity index (χ3v) is 6.11. The summed E-state index contributed by atoms with van der Waals surface area (Å²) in [7, 11) is -4.19. The largest absolute Gasteiger partial charge is 0.506 e. The zero-order valence-electron chi connectivity index (χ0n) is 13.7. The number of guanidine groups is 1. The first kappa shape index (κ1) is 16.9. The first-order valence-electron chi connectivity index (χ1n) is 8.19. The third-order valence-electron chi connectivity index (χ3n) is 4.73. The average molecular weight is 383 g/mol. The number of halogens is 1. The van der Waals surface area contributed by atoms with Crippen molar-refractivity contribution in [2.75, 3.05) is 17.4 Å². The van der Waals surface area contributed by atoms with Crippen molar-refractivity contribution in [3.63, 3.8) is 0 Å². The number of amides is 1. The van der Waals surface area contributed by atoms with Gasteiger partial charge in [-0.25, -0.2) is 13.4 Å². The van der Waals surface area contributed by atoms with Crippen LogP contribution in [0.1, 0.15) is 24.8 Å². The van der Waals surface area contributed by atoms with E-state index in [9.17, 15) is 22.7 Å². The molecule has 1 aliphatic carbocycles. The second-order valence-electron chi connectivity index (χ2n) is 6.72. The molecule has 140 valence electrons. The van der Waals surface area contributed by atoms with E-state index in [2.05, 4.69) is 15.6 Å². The van der Waals surface area contributed by atoms with Gasteiger partial charge in [-0.1, -0.05) is 0 Å². The van der Waals surface area contributed by atoms with E-state index in [1.54, 1.807) is 4.72 Å². The number of anilines is 1. The maximum absolute atomic E-state index is 14.5. The van der Waals surface area contributed by atoms with E-state index in [1.165, 1.54) is 6.07 Å². The maximum Gasteiger partial charge on any atom is 0.326 e. The van der Waals surface area contributed by atoms with E-state index in [0.29, 0.717) is 15.8 Å². The van der Waals surface area contributed by atoms with Crippen LogP contribution in [-0.2, 0) is 21.5 Å². The summed E-state index contributed by atoms with van der Waals surface area (Å²) < 4.78 is 40.4. The molecule has 1 saturated heterocycles. The fraction of sp³-hybridized carbons (Fsp3) is 0.467. The van der Waals surface area contributed by atoms with E-state index in [1.807, 2.05) is 0 Å². The van der Waals surface area contributed by atoms with Crippen LogP contribution < -0.4 is 19.7 Å². The van der Waals surface area contributed by atoms with Crippen LogP contribution in [0.15, 0.2) is 17.1 Å². The lowest BCUT2D eigenvalue weighted by Crippen LogP contribution is -2.47. The number of rotatable bonds is 3. The van der Waals surface area contributed by atoms with Crippen molar-refractivity contribution in [1.29, 1.82) is 0 Å². The maximum atomic E-state index is 14.5. The molecule has 4 rings (SSSR count). The molecule has 1 spiro atoms. The number of phenols is 1. The molecule has 2 fully saturated rings. The van der Waals surface area contributed by atoms with Gasteiger partial charge >= 0.3 is 10.2 Å². The molecule has 11 heteroatoms. The lowest BCUT2D eigenvalue weighted by Gasteiger charge is -2.25. The minimum atomic E-state index is -4.19. The van der Waals surface area contributed by atoms with E-state index in [-0.39, 0.29) is 12.1 Å². The van der Waals surface area contributed by atoms with Gasteiger partial charge in [-0.3, -0.25) is 9.79 Å². The van der Waals surface area contributed by atoms with Gasteiger partial charge in [-0.05, 0) is 37.0 Å². The summed E-state index contributed by atoms with van der Waals surface area (Å²) in [6.07, 6.45) is 3.21. The number of nitrogens with one attached hydrogen (secondary N) is 3. The number of phenolic OH excluding ortho intramolecular Hbond substituents is 1. The molecule has 2 aliphatic heterocycles. The third kappa shape index (κ3) is 3.02. The number of benzene rings is 1. The molecule has 1 saturated carbocycles. The highest BCUT2D eigenvalue weighted by Gasteiger charge is 2.44. The van der Waals surface area contributed by atoms with Gasteiger partial charge in [0.2, 0.25) is 0 Å². The monoisotopic (exact) mass is 383 g/mol. The van der Waals surface area contributed by atoms with Crippen LogP contribution in [0.25, 0.3) is 0 Å². The van der Waals surface area contributed by atoms with Crippen LogP contribution in [0.2, 0.25) is 0 Å². The second kappa shape index (κ2) is 5.73. The summed E-state index contributed by atoms with van der Waals surface area (Å²) in [5.74, 6) is -1.64. The number of aliphatic imine (C=N–C) groups is 1. The molecule has 9 nitrogen and oxygen atoms in total. The van der Waals surface area contributed by atoms with Gasteiger partial charge in [-0.15, -0.1) is 0 Å². The SMILES string of the molecule is O=C1CN(c2c(O)cc(CNC3=NCCC4(CC4)N3)cc2F)S(=O)(=O)N1. The Bertz CT molecular complexity index is 890. The Kier molecular flexibility index (Phi) is 3.72. The smallest absolute Gasteiger partial charge is 0.326 e. The molecule has 3 aliphatic rings. The Morgan fingerprint density at radius 3 is 2.73 bits per heavy atom. The molecular formula is C15H18FN5O4S. The quantitative estimate of drug-likeness (QED) is 0.568. The van der Waals surface area contributed by atoms with E-state index >= 15 is 0 Å². The van der Waals surface area contributed by atoms with Crippen molar-refractivity contribution in [3.8, 4) is 5.75 Å². The summed E-state index contributed by atoms with van der Waals surface area (Å²) in [6, 6.07) is 2.39. The summed E-state index contributed by atoms with van der Waals surface area (Å²) in [4.78, 5) is 15.6. The molecular weight excluding hydrogens is 365 g/mol. The fourth-order valence-electron chi connectivity index (χ4n) is 3.18. The Morgan fingerprint density at radius 1 is 1.35 bits per heavy atom. The molecule has 0 aromatic heterocycles. The van der Waals surface area contributed by atoms with Crippen molar-refractivity contribution < 1.29 is 22.7 Å². The van der Waals surface area contributed by atoms with Gasteiger partial charge in [0.25, 0.3) is 5.91 Å². The number of nitrogens with zero attached hydrogens (tertiary/aromatic N) is 2. The number of carbonyl (C=O) groups excluding carboxylic acids is 1. The Morgan fingerprint density at radius 2 is 2.12 bits per heavy atom. The Labute approximate surface area is 149 Å². The van der Waals surface area contributed by atoms with Crippen LogP contribution >= 0.6 is 0 Å². The van der Waals surface area contributed by atoms with Crippen LogP contribution in [-0.4, -0.2) is 44.0 Å². The predicted octanol–water partition coefficient (Wildman–Crippen LogP) is -0.316. The van der Waals surface area contributed by atoms with Crippen LogP contribution in [0.4, 0.5) is 10.1 Å². The first-order valence-corrected chi connectivity index (χ1v) is 9.63. The highest BCUT2D eigenvalue weighted by Crippen LogP contribution is 2.39. The standard InChI is InChI=1S/C15H18FN5O4S/c16-10-5-9(7-18-14-17-4-3-15(19-14)1-2-15)6-11(22)13(10)21-8-12(23)20-26(21,24)25/h5-6,22H,1-4,7-8H2,(H,20,23)(H2,17,18,19). The number of aromatic hydroxyl groups is 1. The molecule has 2 heterocycles. The van der Waals surface area contributed by atoms with Gasteiger partial charge in [0.1, 0.15) is 18.0 Å². The molecule has 1 amide bonds. The van der Waals surface area contributed by atoms with E-state index < -0.39 is 39.9 Å². The van der Waals surface area contributed by atoms with Gasteiger partial charge in [0.05, 0.1) is 0 Å². The molecule has 0 radical (unpaired) electrons. The summed E-state index contributed by atoms with van der Waals surface area (Å²) in [5.41, 5.74) is 0.0158. The summed E-state index contributed by atoms with van der Waals surface area (Å²) >= 11 is 0. The lowest BCUT2D eigenvalue weighted by molar-refractivity contribution is -0.117. The number of hydrogen-bond acceptors (Lipinski definition) is 7. The Hall–Kier alpha value is -2.56. The van der Waals surface area contributed by atoms with Gasteiger partial charge in [-0.2, -0.15) is 8.42 Å². The highest BCUT2D eigenvalue weighted by molar-refractivity contribution is 7.92. The van der Waals surface area contributed by atoms with Gasteiger partial charge < -0.3 is 15.7 Å². The first-order chi connectivity index (χ1) is 12.3. The zero-order valence-corrected chi connectivity index (χ0v) is 14.6. The minimum absolute atomic E-state index is 0.144. The van der Waals surface area contributed by atoms with Crippen LogP contribution in [0.3, 0.4) is 0 Å². The predicted molar refractivity (Wildman–Crippen MR) is 91.3 cm³/mol. The van der Waals surface area contributed by atoms with Crippen molar-refractivity contribution in [1.82, 2.24) is 15.4 Å². The second-order valence-corrected chi connectivity index (χ2v) is 8.32. The number of carbonyl (C=O) groups is 1. The molecule has 26 heavy (non-hydrogen) atoms. The normalized spacial score (nSPS) is 22.6. The van der Waals surface area contributed by atoms with E-state index in [4.69, 9.17) is 0 Å².